The van der Waals surface area contributed by atoms with Gasteiger partial charge in [-0.1, -0.05) is 0 Å². The molecule has 3 rings (SSSR count). The predicted molar refractivity (Wildman–Crippen MR) is 71.5 cm³/mol. The van der Waals surface area contributed by atoms with E-state index in [1.54, 1.807) is 11.3 Å². The zero-order chi connectivity index (χ0) is 11.0. The average Bonchev–Trinajstić information content (AvgIpc) is 3.05. The van der Waals surface area contributed by atoms with Crippen LogP contribution >= 0.6 is 23.7 Å². The number of anilines is 1. The van der Waals surface area contributed by atoms with E-state index in [1.165, 1.54) is 17.7 Å². The summed E-state index contributed by atoms with van der Waals surface area (Å²) in [5.41, 5.74) is 5.63. The standard InChI is InChI=1S/C11H17N3OS.ClH/c12-11-13-5-9(16-11)6-14-3-4-15-10(7-14)8-1-2-8;/h5,8,10H,1-4,6-7H2,(H2,12,13);1H. The lowest BCUT2D eigenvalue weighted by molar-refractivity contribution is -0.0415. The molecular weight excluding hydrogens is 258 g/mol. The predicted octanol–water partition coefficient (Wildman–Crippen LogP) is 1.76. The molecule has 1 saturated carbocycles. The normalized spacial score (nSPS) is 25.5. The van der Waals surface area contributed by atoms with Crippen LogP contribution < -0.4 is 5.73 Å². The largest absolute Gasteiger partial charge is 0.375 e. The van der Waals surface area contributed by atoms with Gasteiger partial charge in [0.25, 0.3) is 0 Å². The number of halogens is 1. The minimum Gasteiger partial charge on any atom is -0.375 e. The van der Waals surface area contributed by atoms with E-state index in [9.17, 15) is 0 Å². The van der Waals surface area contributed by atoms with E-state index >= 15 is 0 Å². The highest BCUT2D eigenvalue weighted by molar-refractivity contribution is 7.15. The van der Waals surface area contributed by atoms with Crippen LogP contribution in [0.15, 0.2) is 6.20 Å². The van der Waals surface area contributed by atoms with Crippen LogP contribution in [0.4, 0.5) is 5.13 Å². The van der Waals surface area contributed by atoms with Crippen molar-refractivity contribution in [1.29, 1.82) is 0 Å². The van der Waals surface area contributed by atoms with Gasteiger partial charge in [-0.3, -0.25) is 4.90 Å². The Bertz CT molecular complexity index is 369. The van der Waals surface area contributed by atoms with Crippen LogP contribution in [0.1, 0.15) is 17.7 Å². The highest BCUT2D eigenvalue weighted by Crippen LogP contribution is 2.36. The van der Waals surface area contributed by atoms with Crippen LogP contribution in [0, 0.1) is 5.92 Å². The van der Waals surface area contributed by atoms with E-state index in [0.29, 0.717) is 11.2 Å². The summed E-state index contributed by atoms with van der Waals surface area (Å²) in [5, 5.41) is 0.669. The first kappa shape index (κ1) is 13.1. The lowest BCUT2D eigenvalue weighted by Gasteiger charge is -2.32. The lowest BCUT2D eigenvalue weighted by Crippen LogP contribution is -2.42. The van der Waals surface area contributed by atoms with Crippen molar-refractivity contribution in [2.75, 3.05) is 25.4 Å². The first-order valence-electron chi connectivity index (χ1n) is 5.85. The number of nitrogen functional groups attached to an aromatic ring is 1. The fourth-order valence-corrected chi connectivity index (χ4v) is 2.97. The van der Waals surface area contributed by atoms with Gasteiger partial charge in [0.2, 0.25) is 0 Å². The zero-order valence-electron chi connectivity index (χ0n) is 9.67. The van der Waals surface area contributed by atoms with Crippen LogP contribution in [0.3, 0.4) is 0 Å². The second-order valence-corrected chi connectivity index (χ2v) is 5.79. The van der Waals surface area contributed by atoms with Gasteiger partial charge in [0.15, 0.2) is 5.13 Å². The summed E-state index contributed by atoms with van der Waals surface area (Å²) in [6.07, 6.45) is 5.07. The van der Waals surface area contributed by atoms with Gasteiger partial charge in [-0.05, 0) is 18.8 Å². The molecule has 2 heterocycles. The molecule has 2 fully saturated rings. The third kappa shape index (κ3) is 3.31. The summed E-state index contributed by atoms with van der Waals surface area (Å²) >= 11 is 1.59. The minimum atomic E-state index is 0. The fraction of sp³-hybridized carbons (Fsp3) is 0.727. The molecule has 2 aliphatic rings. The second-order valence-electron chi connectivity index (χ2n) is 4.65. The number of hydrogen-bond acceptors (Lipinski definition) is 5. The molecule has 0 radical (unpaired) electrons. The minimum absolute atomic E-state index is 0. The van der Waals surface area contributed by atoms with E-state index in [1.807, 2.05) is 6.20 Å². The molecule has 0 amide bonds. The first-order chi connectivity index (χ1) is 7.81. The maximum Gasteiger partial charge on any atom is 0.180 e. The van der Waals surface area contributed by atoms with Crippen molar-refractivity contribution in [2.24, 2.45) is 5.92 Å². The number of morpholine rings is 1. The average molecular weight is 276 g/mol. The molecule has 96 valence electrons. The Balaban J connectivity index is 0.00000108. The number of aromatic nitrogens is 1. The van der Waals surface area contributed by atoms with E-state index in [-0.39, 0.29) is 12.4 Å². The molecule has 1 aromatic heterocycles. The van der Waals surface area contributed by atoms with Crippen LogP contribution in [-0.2, 0) is 11.3 Å². The molecule has 1 atom stereocenters. The quantitative estimate of drug-likeness (QED) is 0.913. The molecule has 0 spiro atoms. The van der Waals surface area contributed by atoms with Crippen molar-refractivity contribution in [2.45, 2.75) is 25.5 Å². The van der Waals surface area contributed by atoms with Crippen molar-refractivity contribution < 1.29 is 4.74 Å². The van der Waals surface area contributed by atoms with E-state index in [2.05, 4.69) is 9.88 Å². The molecule has 17 heavy (non-hydrogen) atoms. The van der Waals surface area contributed by atoms with Crippen molar-refractivity contribution in [3.8, 4) is 0 Å². The number of rotatable bonds is 3. The Labute approximate surface area is 112 Å². The van der Waals surface area contributed by atoms with Crippen LogP contribution in [0.2, 0.25) is 0 Å². The topological polar surface area (TPSA) is 51.4 Å². The van der Waals surface area contributed by atoms with Crippen molar-refractivity contribution in [3.63, 3.8) is 0 Å². The van der Waals surface area contributed by atoms with E-state index < -0.39 is 0 Å². The van der Waals surface area contributed by atoms with Gasteiger partial charge in [0.05, 0.1) is 12.7 Å². The summed E-state index contributed by atoms with van der Waals surface area (Å²) in [7, 11) is 0. The highest BCUT2D eigenvalue weighted by atomic mass is 35.5. The summed E-state index contributed by atoms with van der Waals surface area (Å²) in [5.74, 6) is 0.828. The maximum absolute atomic E-state index is 5.80. The Kier molecular flexibility index (Phi) is 4.25. The Morgan fingerprint density at radius 2 is 2.35 bits per heavy atom. The summed E-state index contributed by atoms with van der Waals surface area (Å²) in [6.45, 7) is 3.94. The monoisotopic (exact) mass is 275 g/mol. The number of ether oxygens (including phenoxy) is 1. The second kappa shape index (κ2) is 5.52. The zero-order valence-corrected chi connectivity index (χ0v) is 11.3. The van der Waals surface area contributed by atoms with Gasteiger partial charge in [-0.15, -0.1) is 23.7 Å². The third-order valence-electron chi connectivity index (χ3n) is 3.28. The molecular formula is C11H18ClN3OS. The fourth-order valence-electron chi connectivity index (χ4n) is 2.24. The number of thiazole rings is 1. The molecule has 1 aliphatic heterocycles. The summed E-state index contributed by atoms with van der Waals surface area (Å²) < 4.78 is 5.80. The molecule has 2 N–H and O–H groups in total. The highest BCUT2D eigenvalue weighted by Gasteiger charge is 2.35. The summed E-state index contributed by atoms with van der Waals surface area (Å²) in [6, 6.07) is 0. The molecule has 1 aliphatic carbocycles. The molecule has 1 unspecified atom stereocenters. The van der Waals surface area contributed by atoms with Crippen molar-refractivity contribution in [3.05, 3.63) is 11.1 Å². The van der Waals surface area contributed by atoms with Gasteiger partial charge in [0.1, 0.15) is 0 Å². The van der Waals surface area contributed by atoms with Crippen LogP contribution in [0.25, 0.3) is 0 Å². The number of nitrogens with two attached hydrogens (primary N) is 1. The molecule has 4 nitrogen and oxygen atoms in total. The van der Waals surface area contributed by atoms with Gasteiger partial charge >= 0.3 is 0 Å². The molecule has 0 bridgehead atoms. The van der Waals surface area contributed by atoms with E-state index in [0.717, 1.165) is 32.2 Å². The number of hydrogen-bond donors (Lipinski definition) is 1. The Hall–Kier alpha value is -0.360. The molecule has 1 aromatic rings. The lowest BCUT2D eigenvalue weighted by atomic mass is 10.2. The third-order valence-corrected chi connectivity index (χ3v) is 4.09. The molecule has 1 saturated heterocycles. The Morgan fingerprint density at radius 3 is 3.00 bits per heavy atom. The van der Waals surface area contributed by atoms with Gasteiger partial charge < -0.3 is 10.5 Å². The maximum atomic E-state index is 5.80. The SMILES string of the molecule is Cl.Nc1ncc(CN2CCOC(C3CC3)C2)s1. The Morgan fingerprint density at radius 1 is 1.53 bits per heavy atom. The van der Waals surface area contributed by atoms with Crippen LogP contribution in [0.5, 0.6) is 0 Å². The smallest absolute Gasteiger partial charge is 0.180 e. The van der Waals surface area contributed by atoms with Gasteiger partial charge in [-0.2, -0.15) is 0 Å². The van der Waals surface area contributed by atoms with Crippen molar-refractivity contribution in [1.82, 2.24) is 9.88 Å². The molecule has 0 aromatic carbocycles. The van der Waals surface area contributed by atoms with Gasteiger partial charge in [0, 0.05) is 30.7 Å². The first-order valence-corrected chi connectivity index (χ1v) is 6.67. The van der Waals surface area contributed by atoms with E-state index in [4.69, 9.17) is 10.5 Å². The summed E-state index contributed by atoms with van der Waals surface area (Å²) in [4.78, 5) is 7.80. The molecule has 6 heteroatoms. The van der Waals surface area contributed by atoms with Crippen LogP contribution in [-0.4, -0.2) is 35.7 Å². The van der Waals surface area contributed by atoms with Crippen molar-refractivity contribution >= 4 is 28.9 Å². The van der Waals surface area contributed by atoms with Gasteiger partial charge in [-0.25, -0.2) is 4.98 Å². The number of nitrogens with zero attached hydrogens (tertiary/aromatic N) is 2.